The van der Waals surface area contributed by atoms with Gasteiger partial charge in [0.2, 0.25) is 5.76 Å². The number of esters is 1. The molecule has 3 aliphatic rings. The Labute approximate surface area is 151 Å². The van der Waals surface area contributed by atoms with Crippen LogP contribution < -0.4 is 0 Å². The Bertz CT molecular complexity index is 842. The predicted molar refractivity (Wildman–Crippen MR) is 91.2 cm³/mol. The van der Waals surface area contributed by atoms with Gasteiger partial charge in [0.05, 0.1) is 39.2 Å². The number of nitrogens with zero attached hydrogens (tertiary/aromatic N) is 2. The molecule has 7 heteroatoms. The van der Waals surface area contributed by atoms with Gasteiger partial charge in [-0.25, -0.2) is 4.79 Å². The van der Waals surface area contributed by atoms with E-state index in [1.54, 1.807) is 0 Å². The van der Waals surface area contributed by atoms with Crippen molar-refractivity contribution in [2.45, 2.75) is 44.2 Å². The van der Waals surface area contributed by atoms with Crippen molar-refractivity contribution in [2.75, 3.05) is 26.9 Å². The summed E-state index contributed by atoms with van der Waals surface area (Å²) in [5, 5.41) is 4.82. The Hall–Kier alpha value is -2.12. The summed E-state index contributed by atoms with van der Waals surface area (Å²) in [6.45, 7) is 2.56. The number of carbonyl (C=O) groups excluding carboxylic acids is 1. The van der Waals surface area contributed by atoms with Gasteiger partial charge in [0.1, 0.15) is 11.9 Å². The number of rotatable bonds is 4. The van der Waals surface area contributed by atoms with Crippen LogP contribution in [-0.4, -0.2) is 48.8 Å². The van der Waals surface area contributed by atoms with Crippen LogP contribution in [0.5, 0.6) is 0 Å². The molecule has 7 nitrogen and oxygen atoms in total. The highest BCUT2D eigenvalue weighted by molar-refractivity contribution is 5.92. The van der Waals surface area contributed by atoms with E-state index in [1.165, 1.54) is 12.7 Å². The van der Waals surface area contributed by atoms with Crippen LogP contribution in [0.15, 0.2) is 10.6 Å². The van der Waals surface area contributed by atoms with Gasteiger partial charge in [-0.05, 0) is 30.7 Å². The average molecular weight is 358 g/mol. The highest BCUT2D eigenvalue weighted by Crippen LogP contribution is 2.50. The zero-order chi connectivity index (χ0) is 17.7. The van der Waals surface area contributed by atoms with Crippen LogP contribution in [0, 0.1) is 0 Å². The van der Waals surface area contributed by atoms with Crippen molar-refractivity contribution in [3.63, 3.8) is 0 Å². The maximum Gasteiger partial charge on any atom is 0.374 e. The highest BCUT2D eigenvalue weighted by atomic mass is 16.6. The van der Waals surface area contributed by atoms with Gasteiger partial charge in [-0.3, -0.25) is 4.68 Å². The molecule has 2 aliphatic carbocycles. The van der Waals surface area contributed by atoms with Crippen molar-refractivity contribution >= 4 is 5.97 Å². The second-order valence-corrected chi connectivity index (χ2v) is 7.20. The third kappa shape index (κ3) is 2.66. The van der Waals surface area contributed by atoms with Crippen molar-refractivity contribution in [1.82, 2.24) is 9.78 Å². The zero-order valence-electron chi connectivity index (χ0n) is 14.8. The van der Waals surface area contributed by atoms with Crippen LogP contribution in [0.2, 0.25) is 0 Å². The smallest absolute Gasteiger partial charge is 0.374 e. The van der Waals surface area contributed by atoms with E-state index in [-0.39, 0.29) is 6.10 Å². The van der Waals surface area contributed by atoms with E-state index in [4.69, 9.17) is 23.7 Å². The van der Waals surface area contributed by atoms with Crippen LogP contribution in [0.3, 0.4) is 0 Å². The number of hydrogen-bond acceptors (Lipinski definition) is 6. The quantitative estimate of drug-likeness (QED) is 0.781. The number of aromatic nitrogens is 2. The molecule has 0 aromatic carbocycles. The zero-order valence-corrected chi connectivity index (χ0v) is 14.8. The van der Waals surface area contributed by atoms with E-state index in [2.05, 4.69) is 6.20 Å². The summed E-state index contributed by atoms with van der Waals surface area (Å²) < 4.78 is 24.0. The number of hydrogen-bond donors (Lipinski definition) is 0. The van der Waals surface area contributed by atoms with Gasteiger partial charge >= 0.3 is 5.97 Å². The molecule has 0 spiro atoms. The maximum atomic E-state index is 12.2. The molecule has 1 aliphatic heterocycles. The fourth-order valence-electron chi connectivity index (χ4n) is 3.98. The lowest BCUT2D eigenvalue weighted by Crippen LogP contribution is -2.32. The van der Waals surface area contributed by atoms with Crippen molar-refractivity contribution in [3.8, 4) is 11.3 Å². The van der Waals surface area contributed by atoms with Crippen LogP contribution in [0.1, 0.15) is 46.2 Å². The third-order valence-corrected chi connectivity index (χ3v) is 5.35. The number of methoxy groups -OCH3 is 1. The van der Waals surface area contributed by atoms with Crippen molar-refractivity contribution < 1.29 is 23.4 Å². The molecule has 0 N–H and O–H groups in total. The molecular weight excluding hydrogens is 336 g/mol. The van der Waals surface area contributed by atoms with Gasteiger partial charge in [0.15, 0.2) is 0 Å². The first-order chi connectivity index (χ1) is 12.7. The van der Waals surface area contributed by atoms with E-state index in [9.17, 15) is 4.79 Å². The normalized spacial score (nSPS) is 22.0. The van der Waals surface area contributed by atoms with Crippen molar-refractivity contribution in [2.24, 2.45) is 0 Å². The second-order valence-electron chi connectivity index (χ2n) is 7.20. The van der Waals surface area contributed by atoms with Crippen LogP contribution in [0.4, 0.5) is 0 Å². The Kier molecular flexibility index (Phi) is 3.86. The highest BCUT2D eigenvalue weighted by Gasteiger charge is 2.39. The molecule has 0 unspecified atom stereocenters. The van der Waals surface area contributed by atoms with Gasteiger partial charge < -0.3 is 18.6 Å². The molecule has 1 atom stereocenters. The number of carbonyl (C=O) groups is 1. The standard InChI is InChI=1S/C19H22N2O5/c1-23-19(22)18-15(11-2-3-11)16-14(26-18)5-4-12-8-21(20-17(12)16)9-13-10-24-6-7-25-13/h8,11,13H,2-7,9-10H2,1H3/t13-/m0/s1. The molecule has 0 amide bonds. The number of furan rings is 1. The van der Waals surface area contributed by atoms with Gasteiger partial charge in [0, 0.05) is 23.7 Å². The molecular formula is C19H22N2O5. The summed E-state index contributed by atoms with van der Waals surface area (Å²) in [6.07, 6.45) is 5.94. The van der Waals surface area contributed by atoms with Crippen LogP contribution in [0.25, 0.3) is 11.3 Å². The monoisotopic (exact) mass is 358 g/mol. The number of fused-ring (bicyclic) bond motifs is 3. The van der Waals surface area contributed by atoms with Crippen LogP contribution >= 0.6 is 0 Å². The Morgan fingerprint density at radius 1 is 1.35 bits per heavy atom. The second kappa shape index (κ2) is 6.25. The minimum Gasteiger partial charge on any atom is -0.463 e. The molecule has 2 aromatic rings. The summed E-state index contributed by atoms with van der Waals surface area (Å²) >= 11 is 0. The van der Waals surface area contributed by atoms with Crippen molar-refractivity contribution in [1.29, 1.82) is 0 Å². The molecule has 138 valence electrons. The van der Waals surface area contributed by atoms with Crippen LogP contribution in [-0.2, 0) is 33.6 Å². The Morgan fingerprint density at radius 3 is 2.96 bits per heavy atom. The van der Waals surface area contributed by atoms with E-state index in [1.807, 2.05) is 4.68 Å². The van der Waals surface area contributed by atoms with E-state index < -0.39 is 5.97 Å². The average Bonchev–Trinajstić information content (AvgIpc) is 3.30. The summed E-state index contributed by atoms with van der Waals surface area (Å²) in [7, 11) is 1.40. The van der Waals surface area contributed by atoms with Gasteiger partial charge in [-0.2, -0.15) is 5.10 Å². The fraction of sp³-hybridized carbons (Fsp3) is 0.579. The lowest BCUT2D eigenvalue weighted by atomic mass is 9.91. The molecule has 0 bridgehead atoms. The lowest BCUT2D eigenvalue weighted by Gasteiger charge is -2.22. The molecule has 1 saturated carbocycles. The Morgan fingerprint density at radius 2 is 2.23 bits per heavy atom. The lowest BCUT2D eigenvalue weighted by molar-refractivity contribution is -0.0946. The summed E-state index contributed by atoms with van der Waals surface area (Å²) in [4.78, 5) is 12.2. The SMILES string of the molecule is COC(=O)c1oc2c(c1C1CC1)-c1nn(C[C@H]3COCCO3)cc1CC2. The Balaban J connectivity index is 1.52. The number of ether oxygens (including phenoxy) is 3. The molecule has 3 heterocycles. The largest absolute Gasteiger partial charge is 0.463 e. The first kappa shape index (κ1) is 16.1. The molecule has 2 aromatic heterocycles. The van der Waals surface area contributed by atoms with E-state index in [0.717, 1.165) is 48.3 Å². The third-order valence-electron chi connectivity index (χ3n) is 5.35. The molecule has 2 fully saturated rings. The van der Waals surface area contributed by atoms with E-state index in [0.29, 0.717) is 38.0 Å². The fourth-order valence-corrected chi connectivity index (χ4v) is 3.98. The molecule has 1 saturated heterocycles. The minimum atomic E-state index is -0.393. The maximum absolute atomic E-state index is 12.2. The molecule has 0 radical (unpaired) electrons. The molecule has 26 heavy (non-hydrogen) atoms. The summed E-state index contributed by atoms with van der Waals surface area (Å²) in [5.41, 5.74) is 4.17. The van der Waals surface area contributed by atoms with Crippen molar-refractivity contribution in [3.05, 3.63) is 28.8 Å². The van der Waals surface area contributed by atoms with Gasteiger partial charge in [0.25, 0.3) is 0 Å². The molecule has 5 rings (SSSR count). The summed E-state index contributed by atoms with van der Waals surface area (Å²) in [6, 6.07) is 0. The predicted octanol–water partition coefficient (Wildman–Crippen LogP) is 2.32. The van der Waals surface area contributed by atoms with Gasteiger partial charge in [-0.15, -0.1) is 0 Å². The minimum absolute atomic E-state index is 0.0301. The summed E-state index contributed by atoms with van der Waals surface area (Å²) in [5.74, 6) is 1.21. The van der Waals surface area contributed by atoms with Gasteiger partial charge in [-0.1, -0.05) is 0 Å². The van der Waals surface area contributed by atoms with E-state index >= 15 is 0 Å². The first-order valence-corrected chi connectivity index (χ1v) is 9.24. The topological polar surface area (TPSA) is 75.7 Å². The first-order valence-electron chi connectivity index (χ1n) is 9.24. The number of aryl methyl sites for hydroxylation is 2.